The highest BCUT2D eigenvalue weighted by Gasteiger charge is 2.95. The molecule has 28 heavy (non-hydrogen) atoms. The lowest BCUT2D eigenvalue weighted by Gasteiger charge is -2.42. The Balaban J connectivity index is 3.57. The summed E-state index contributed by atoms with van der Waals surface area (Å²) >= 11 is 0. The van der Waals surface area contributed by atoms with E-state index in [2.05, 4.69) is 4.74 Å². The van der Waals surface area contributed by atoms with Crippen molar-refractivity contribution in [3.8, 4) is 0 Å². The van der Waals surface area contributed by atoms with Crippen molar-refractivity contribution in [2.24, 2.45) is 0 Å². The molecule has 0 spiro atoms. The number of alkyl halides is 17. The molecule has 1 aliphatic heterocycles. The van der Waals surface area contributed by atoms with E-state index >= 15 is 0 Å². The van der Waals surface area contributed by atoms with E-state index in [9.17, 15) is 74.6 Å². The lowest BCUT2D eigenvalue weighted by Crippen LogP contribution is -2.74. The van der Waals surface area contributed by atoms with Crippen LogP contribution in [0.2, 0.25) is 0 Å². The monoisotopic (exact) mass is 462 g/mol. The van der Waals surface area contributed by atoms with Crippen LogP contribution in [0.1, 0.15) is 0 Å². The van der Waals surface area contributed by atoms with Gasteiger partial charge in [-0.15, -0.1) is 0 Å². The highest BCUT2D eigenvalue weighted by atomic mass is 19.4. The van der Waals surface area contributed by atoms with Crippen LogP contribution in [0.15, 0.2) is 0 Å². The van der Waals surface area contributed by atoms with E-state index < -0.39 is 60.3 Å². The Bertz CT molecular complexity index is 598. The van der Waals surface area contributed by atoms with E-state index in [4.69, 9.17) is 0 Å². The zero-order chi connectivity index (χ0) is 23.0. The summed E-state index contributed by atoms with van der Waals surface area (Å²) < 4.78 is 221. The van der Waals surface area contributed by atoms with Gasteiger partial charge in [-0.1, -0.05) is 0 Å². The minimum absolute atomic E-state index is 1.50. The van der Waals surface area contributed by atoms with Crippen LogP contribution in [0, 0.1) is 0 Å². The lowest BCUT2D eigenvalue weighted by atomic mass is 9.88. The maximum absolute atomic E-state index is 13.2. The van der Waals surface area contributed by atoms with Gasteiger partial charge in [-0.25, -0.2) is 0 Å². The Labute approximate surface area is 141 Å². The molecule has 1 unspecified atom stereocenters. The van der Waals surface area contributed by atoms with Crippen LogP contribution < -0.4 is 0 Å². The molecule has 1 aliphatic rings. The van der Waals surface area contributed by atoms with Gasteiger partial charge >= 0.3 is 47.6 Å². The molecule has 0 aliphatic carbocycles. The Morgan fingerprint density at radius 1 is 0.429 bits per heavy atom. The Hall–Kier alpha value is -1.23. The average Bonchev–Trinajstić information content (AvgIpc) is 3.29. The Morgan fingerprint density at radius 3 is 0.929 bits per heavy atom. The first-order valence-electron chi connectivity index (χ1n) is 6.18. The quantitative estimate of drug-likeness (QED) is 0.365. The van der Waals surface area contributed by atoms with Crippen LogP contribution in [0.5, 0.6) is 0 Å². The number of halogens is 17. The van der Waals surface area contributed by atoms with Crippen molar-refractivity contribution in [1.82, 2.24) is 0 Å². The summed E-state index contributed by atoms with van der Waals surface area (Å²) in [6, 6.07) is 0. The second kappa shape index (κ2) is 5.90. The van der Waals surface area contributed by atoms with Crippen molar-refractivity contribution in [2.75, 3.05) is 6.61 Å². The summed E-state index contributed by atoms with van der Waals surface area (Å²) in [6.45, 7) is -1.50. The Morgan fingerprint density at radius 2 is 0.679 bits per heavy atom. The fourth-order valence-corrected chi connectivity index (χ4v) is 1.64. The van der Waals surface area contributed by atoms with Gasteiger partial charge in [0.1, 0.15) is 0 Å². The predicted molar refractivity (Wildman–Crippen MR) is 50.4 cm³/mol. The first kappa shape index (κ1) is 24.8. The molecule has 0 aromatic heterocycles. The molecular weight excluding hydrogens is 459 g/mol. The molecule has 1 saturated heterocycles. The van der Waals surface area contributed by atoms with Gasteiger partial charge in [0.05, 0.1) is 6.61 Å². The molecule has 1 fully saturated rings. The molecule has 1 rings (SSSR count). The number of hydrogen-bond donors (Lipinski definition) is 0. The summed E-state index contributed by atoms with van der Waals surface area (Å²) in [5, 5.41) is 0. The molecule has 0 aromatic carbocycles. The highest BCUT2D eigenvalue weighted by Crippen LogP contribution is 2.64. The van der Waals surface area contributed by atoms with Crippen LogP contribution in [-0.2, 0) is 4.74 Å². The van der Waals surface area contributed by atoms with Crippen LogP contribution in [-0.4, -0.2) is 60.3 Å². The van der Waals surface area contributed by atoms with Crippen molar-refractivity contribution in [3.05, 3.63) is 0 Å². The van der Waals surface area contributed by atoms with Crippen LogP contribution >= 0.6 is 0 Å². The van der Waals surface area contributed by atoms with Crippen LogP contribution in [0.4, 0.5) is 74.6 Å². The average molecular weight is 462 g/mol. The van der Waals surface area contributed by atoms with Crippen LogP contribution in [0.25, 0.3) is 0 Å². The third kappa shape index (κ3) is 2.79. The van der Waals surface area contributed by atoms with Crippen molar-refractivity contribution < 1.29 is 79.4 Å². The molecule has 1 atom stereocenters. The Kier molecular flexibility index (Phi) is 5.23. The second-order valence-corrected chi connectivity index (χ2v) is 5.39. The fourth-order valence-electron chi connectivity index (χ4n) is 1.64. The molecule has 0 bridgehead atoms. The molecule has 0 aromatic rings. The molecule has 18 heteroatoms. The molecule has 1 heterocycles. The number of epoxide rings is 1. The number of ether oxygens (including phenoxy) is 1. The largest absolute Gasteiger partial charge is 0.460 e. The summed E-state index contributed by atoms with van der Waals surface area (Å²) in [4.78, 5) is 0. The summed E-state index contributed by atoms with van der Waals surface area (Å²) in [6.07, 6.45) is -11.0. The van der Waals surface area contributed by atoms with Gasteiger partial charge in [0.25, 0.3) is 0 Å². The molecule has 168 valence electrons. The summed E-state index contributed by atoms with van der Waals surface area (Å²) in [5.74, 6) is -56.0. The predicted octanol–water partition coefficient (Wildman–Crippen LogP) is 5.39. The van der Waals surface area contributed by atoms with Crippen molar-refractivity contribution >= 4 is 0 Å². The van der Waals surface area contributed by atoms with E-state index in [1.54, 1.807) is 0 Å². The van der Waals surface area contributed by atoms with Crippen molar-refractivity contribution in [1.29, 1.82) is 0 Å². The van der Waals surface area contributed by atoms with Gasteiger partial charge in [-0.05, 0) is 0 Å². The highest BCUT2D eigenvalue weighted by molar-refractivity contribution is 5.16. The maximum Gasteiger partial charge on any atom is 0.460 e. The van der Waals surface area contributed by atoms with Gasteiger partial charge in [0.2, 0.25) is 0 Å². The van der Waals surface area contributed by atoms with Crippen molar-refractivity contribution in [3.63, 3.8) is 0 Å². The first-order valence-corrected chi connectivity index (χ1v) is 6.18. The lowest BCUT2D eigenvalue weighted by molar-refractivity contribution is -0.462. The SMILES string of the molecule is FC(F)(F)C(F)(F)C(F)(F)C(F)(F)C(F)(F)C(F)(F)C(F)(F)C(F)(F)C1CO1. The van der Waals surface area contributed by atoms with E-state index in [0.29, 0.717) is 0 Å². The van der Waals surface area contributed by atoms with E-state index in [0.717, 1.165) is 0 Å². The summed E-state index contributed by atoms with van der Waals surface area (Å²) in [5.41, 5.74) is 0. The minimum Gasteiger partial charge on any atom is -0.366 e. The fraction of sp³-hybridized carbons (Fsp3) is 1.00. The van der Waals surface area contributed by atoms with E-state index in [-0.39, 0.29) is 0 Å². The molecule has 0 amide bonds. The molecule has 0 N–H and O–H groups in total. The smallest absolute Gasteiger partial charge is 0.366 e. The van der Waals surface area contributed by atoms with Crippen LogP contribution in [0.3, 0.4) is 0 Å². The zero-order valence-electron chi connectivity index (χ0n) is 12.1. The van der Waals surface area contributed by atoms with Gasteiger partial charge in [0, 0.05) is 0 Å². The third-order valence-electron chi connectivity index (χ3n) is 3.48. The number of hydrogen-bond acceptors (Lipinski definition) is 1. The van der Waals surface area contributed by atoms with Gasteiger partial charge < -0.3 is 4.74 Å². The standard InChI is InChI=1S/C10H3F17O/c11-3(12,2-1-28-2)4(13,14)5(15,16)6(17,18)7(19,20)8(21,22)9(23,24)10(25,26)27/h2H,1H2. The summed E-state index contributed by atoms with van der Waals surface area (Å²) in [7, 11) is 0. The zero-order valence-corrected chi connectivity index (χ0v) is 12.1. The van der Waals surface area contributed by atoms with E-state index in [1.807, 2.05) is 0 Å². The van der Waals surface area contributed by atoms with Gasteiger partial charge in [-0.2, -0.15) is 74.6 Å². The second-order valence-electron chi connectivity index (χ2n) is 5.39. The van der Waals surface area contributed by atoms with Gasteiger partial charge in [0.15, 0.2) is 6.10 Å². The molecule has 0 radical (unpaired) electrons. The number of rotatable bonds is 7. The first-order chi connectivity index (χ1) is 11.9. The normalized spacial score (nSPS) is 21.1. The van der Waals surface area contributed by atoms with E-state index in [1.165, 1.54) is 0 Å². The minimum atomic E-state index is -8.59. The molecular formula is C10H3F17O. The third-order valence-corrected chi connectivity index (χ3v) is 3.48. The topological polar surface area (TPSA) is 12.5 Å². The van der Waals surface area contributed by atoms with Crippen molar-refractivity contribution in [2.45, 2.75) is 53.7 Å². The molecule has 0 saturated carbocycles. The molecule has 1 nitrogen and oxygen atoms in total. The maximum atomic E-state index is 13.2. The van der Waals surface area contributed by atoms with Gasteiger partial charge in [-0.3, -0.25) is 0 Å².